The Morgan fingerprint density at radius 2 is 1.81 bits per heavy atom. The van der Waals surface area contributed by atoms with Gasteiger partial charge in [-0.15, -0.1) is 0 Å². The number of hydrogen-bond donors (Lipinski definition) is 2. The van der Waals surface area contributed by atoms with Gasteiger partial charge in [-0.3, -0.25) is 4.99 Å². The topological polar surface area (TPSA) is 52.8 Å². The van der Waals surface area contributed by atoms with E-state index >= 15 is 0 Å². The number of fused-ring (bicyclic) bond motifs is 1. The molecule has 1 aliphatic rings. The number of allylic oxidation sites excluding steroid dienone is 1. The van der Waals surface area contributed by atoms with Crippen LogP contribution in [0.3, 0.4) is 0 Å². The maximum absolute atomic E-state index is 10.2. The van der Waals surface area contributed by atoms with Crippen molar-refractivity contribution in [2.24, 2.45) is 4.99 Å². The highest BCUT2D eigenvalue weighted by Gasteiger charge is 2.36. The highest BCUT2D eigenvalue weighted by atomic mass is 35.5. The molecule has 3 atom stereocenters. The van der Waals surface area contributed by atoms with E-state index in [0.717, 1.165) is 45.1 Å². The summed E-state index contributed by atoms with van der Waals surface area (Å²) < 4.78 is 0. The molecule has 0 aromatic heterocycles. The van der Waals surface area contributed by atoms with Crippen LogP contribution >= 0.6 is 11.6 Å². The second-order valence-electron chi connectivity index (χ2n) is 7.42. The second kappa shape index (κ2) is 7.59. The minimum Gasteiger partial charge on any atom is -0.389 e. The summed E-state index contributed by atoms with van der Waals surface area (Å²) in [7, 11) is 0. The second-order valence-corrected chi connectivity index (χ2v) is 7.85. The van der Waals surface area contributed by atoms with E-state index in [1.54, 1.807) is 13.8 Å². The Balaban J connectivity index is 1.99. The fourth-order valence-electron chi connectivity index (χ4n) is 3.57. The Morgan fingerprint density at radius 3 is 2.44 bits per heavy atom. The number of halogens is 1. The Morgan fingerprint density at radius 1 is 1.07 bits per heavy atom. The van der Waals surface area contributed by atoms with Gasteiger partial charge < -0.3 is 10.2 Å². The van der Waals surface area contributed by atoms with Crippen molar-refractivity contribution < 1.29 is 10.2 Å². The molecule has 0 spiro atoms. The largest absolute Gasteiger partial charge is 0.389 e. The summed E-state index contributed by atoms with van der Waals surface area (Å²) in [5, 5.41) is 20.7. The Labute approximate surface area is 166 Å². The van der Waals surface area contributed by atoms with Crippen molar-refractivity contribution >= 4 is 29.1 Å². The van der Waals surface area contributed by atoms with Gasteiger partial charge in [0.25, 0.3) is 0 Å². The van der Waals surface area contributed by atoms with Gasteiger partial charge in [-0.1, -0.05) is 42.8 Å². The molecular weight excluding hydrogens is 358 g/mol. The number of nitrogens with zero attached hydrogens (tertiary/aromatic N) is 1. The first-order valence-electron chi connectivity index (χ1n) is 9.33. The molecule has 0 saturated carbocycles. The van der Waals surface area contributed by atoms with Gasteiger partial charge in [0, 0.05) is 10.4 Å². The third-order valence-electron chi connectivity index (χ3n) is 5.53. The molecule has 3 nitrogen and oxygen atoms in total. The van der Waals surface area contributed by atoms with Gasteiger partial charge in [0.05, 0.1) is 23.6 Å². The highest BCUT2D eigenvalue weighted by Crippen LogP contribution is 2.44. The molecule has 1 aliphatic heterocycles. The molecule has 142 valence electrons. The normalized spacial score (nSPS) is 21.2. The zero-order valence-electron chi connectivity index (χ0n) is 16.2. The van der Waals surface area contributed by atoms with Gasteiger partial charge in [0.15, 0.2) is 0 Å². The smallest absolute Gasteiger partial charge is 0.0767 e. The molecule has 2 aromatic carbocycles. The van der Waals surface area contributed by atoms with Crippen molar-refractivity contribution in [3.05, 3.63) is 69.8 Å². The first kappa shape index (κ1) is 19.8. The molecule has 2 N–H and O–H groups in total. The molecule has 4 heteroatoms. The standard InChI is InChI=1S/C23H26ClNO2/c1-5-23(4)20-13-18(24)9-10-21(20)25-22(23)11-8-16-6-7-17(14(2)26)12-19(16)15(3)27/h6-15,26-27H,5H2,1-4H3/b11-8+. The first-order chi connectivity index (χ1) is 12.8. The molecule has 0 saturated heterocycles. The van der Waals surface area contributed by atoms with Crippen LogP contribution in [-0.2, 0) is 5.41 Å². The monoisotopic (exact) mass is 383 g/mol. The van der Waals surface area contributed by atoms with E-state index in [1.807, 2.05) is 48.6 Å². The fourth-order valence-corrected chi connectivity index (χ4v) is 3.74. The average molecular weight is 384 g/mol. The molecule has 2 aromatic rings. The predicted molar refractivity (Wildman–Crippen MR) is 113 cm³/mol. The summed E-state index contributed by atoms with van der Waals surface area (Å²) in [4.78, 5) is 4.82. The Hall–Kier alpha value is -1.94. The molecule has 0 amide bonds. The SMILES string of the molecule is CCC1(C)C(/C=C/c2ccc(C(C)O)cc2C(C)O)=Nc2ccc(Cl)cc21. The van der Waals surface area contributed by atoms with Gasteiger partial charge in [0.2, 0.25) is 0 Å². The van der Waals surface area contributed by atoms with Crippen molar-refractivity contribution in [3.63, 3.8) is 0 Å². The number of hydrogen-bond acceptors (Lipinski definition) is 3. The van der Waals surface area contributed by atoms with Gasteiger partial charge in [-0.25, -0.2) is 0 Å². The van der Waals surface area contributed by atoms with Crippen molar-refractivity contribution in [3.8, 4) is 0 Å². The summed E-state index contributed by atoms with van der Waals surface area (Å²) in [5.41, 5.74) is 5.41. The summed E-state index contributed by atoms with van der Waals surface area (Å²) in [5.74, 6) is 0. The quantitative estimate of drug-likeness (QED) is 0.673. The lowest BCUT2D eigenvalue weighted by molar-refractivity contribution is 0.192. The van der Waals surface area contributed by atoms with E-state index in [9.17, 15) is 10.2 Å². The molecule has 0 bridgehead atoms. The van der Waals surface area contributed by atoms with E-state index in [1.165, 1.54) is 0 Å². The van der Waals surface area contributed by atoms with Crippen LogP contribution < -0.4 is 0 Å². The lowest BCUT2D eigenvalue weighted by Gasteiger charge is -2.24. The molecule has 27 heavy (non-hydrogen) atoms. The summed E-state index contributed by atoms with van der Waals surface area (Å²) >= 11 is 6.21. The van der Waals surface area contributed by atoms with Crippen molar-refractivity contribution in [1.29, 1.82) is 0 Å². The molecule has 0 radical (unpaired) electrons. The van der Waals surface area contributed by atoms with Gasteiger partial charge in [-0.05, 0) is 73.7 Å². The lowest BCUT2D eigenvalue weighted by Crippen LogP contribution is -2.27. The van der Waals surface area contributed by atoms with E-state index in [-0.39, 0.29) is 5.41 Å². The van der Waals surface area contributed by atoms with E-state index in [4.69, 9.17) is 16.6 Å². The van der Waals surface area contributed by atoms with Crippen LogP contribution in [0.2, 0.25) is 5.02 Å². The van der Waals surface area contributed by atoms with Crippen molar-refractivity contribution in [2.75, 3.05) is 0 Å². The number of benzene rings is 2. The molecular formula is C23H26ClNO2. The number of aliphatic hydroxyl groups excluding tert-OH is 2. The van der Waals surface area contributed by atoms with Gasteiger partial charge in [0.1, 0.15) is 0 Å². The van der Waals surface area contributed by atoms with Gasteiger partial charge in [-0.2, -0.15) is 0 Å². The van der Waals surface area contributed by atoms with E-state index < -0.39 is 12.2 Å². The van der Waals surface area contributed by atoms with Crippen molar-refractivity contribution in [2.45, 2.75) is 51.7 Å². The maximum Gasteiger partial charge on any atom is 0.0767 e. The fraction of sp³-hybridized carbons (Fsp3) is 0.348. The Kier molecular flexibility index (Phi) is 5.57. The number of aliphatic hydroxyl groups is 2. The number of aliphatic imine (C=N–C) groups is 1. The first-order valence-corrected chi connectivity index (χ1v) is 9.71. The summed E-state index contributed by atoms with van der Waals surface area (Å²) in [6.45, 7) is 7.79. The van der Waals surface area contributed by atoms with E-state index in [0.29, 0.717) is 0 Å². The molecule has 0 aliphatic carbocycles. The number of rotatable bonds is 5. The lowest BCUT2D eigenvalue weighted by atomic mass is 9.77. The van der Waals surface area contributed by atoms with Crippen LogP contribution in [0.25, 0.3) is 6.08 Å². The minimum atomic E-state index is -0.623. The average Bonchev–Trinajstić information content (AvgIpc) is 2.92. The third-order valence-corrected chi connectivity index (χ3v) is 5.77. The zero-order valence-corrected chi connectivity index (χ0v) is 17.0. The van der Waals surface area contributed by atoms with Gasteiger partial charge >= 0.3 is 0 Å². The molecule has 0 fully saturated rings. The van der Waals surface area contributed by atoms with E-state index in [2.05, 4.69) is 13.8 Å². The Bertz CT molecular complexity index is 915. The van der Waals surface area contributed by atoms with Crippen molar-refractivity contribution in [1.82, 2.24) is 0 Å². The van der Waals surface area contributed by atoms with Crippen LogP contribution in [0.15, 0.2) is 47.5 Å². The predicted octanol–water partition coefficient (Wildman–Crippen LogP) is 5.91. The highest BCUT2D eigenvalue weighted by molar-refractivity contribution is 6.31. The van der Waals surface area contributed by atoms with Crippen LogP contribution in [-0.4, -0.2) is 15.9 Å². The zero-order chi connectivity index (χ0) is 19.8. The van der Waals surface area contributed by atoms with Crippen LogP contribution in [0.4, 0.5) is 5.69 Å². The molecule has 3 rings (SSSR count). The molecule has 1 heterocycles. The van der Waals surface area contributed by atoms with Crippen LogP contribution in [0.5, 0.6) is 0 Å². The summed E-state index contributed by atoms with van der Waals surface area (Å²) in [6.07, 6.45) is 3.74. The van der Waals surface area contributed by atoms with Crippen LogP contribution in [0, 0.1) is 0 Å². The minimum absolute atomic E-state index is 0.193. The molecule has 3 unspecified atom stereocenters. The summed E-state index contributed by atoms with van der Waals surface area (Å²) in [6, 6.07) is 11.5. The maximum atomic E-state index is 10.2. The third kappa shape index (κ3) is 3.73. The van der Waals surface area contributed by atoms with Crippen LogP contribution in [0.1, 0.15) is 68.6 Å².